The molecule has 0 radical (unpaired) electrons. The van der Waals surface area contributed by atoms with Crippen LogP contribution in [0.4, 0.5) is 0 Å². The lowest BCUT2D eigenvalue weighted by molar-refractivity contribution is -0.144. The van der Waals surface area contributed by atoms with Gasteiger partial charge in [-0.05, 0) is 32.2 Å². The molecule has 0 saturated carbocycles. The van der Waals surface area contributed by atoms with Crippen molar-refractivity contribution < 1.29 is 9.53 Å². The van der Waals surface area contributed by atoms with Crippen molar-refractivity contribution in [1.82, 2.24) is 14.5 Å². The summed E-state index contributed by atoms with van der Waals surface area (Å²) < 4.78 is 7.10. The minimum atomic E-state index is -0.110. The zero-order valence-corrected chi connectivity index (χ0v) is 10.9. The lowest BCUT2D eigenvalue weighted by atomic mass is 9.98. The van der Waals surface area contributed by atoms with Crippen LogP contribution in [0.25, 0.3) is 0 Å². The van der Waals surface area contributed by atoms with Gasteiger partial charge < -0.3 is 9.30 Å². The fourth-order valence-electron chi connectivity index (χ4n) is 2.53. The Balaban J connectivity index is 1.79. The van der Waals surface area contributed by atoms with Gasteiger partial charge in [-0.3, -0.25) is 9.69 Å². The molecule has 1 saturated heterocycles. The maximum absolute atomic E-state index is 11.5. The van der Waals surface area contributed by atoms with Crippen LogP contribution in [0, 0.1) is 5.92 Å². The number of carbonyl (C=O) groups excluding carboxylic acids is 1. The second kappa shape index (κ2) is 6.54. The first-order chi connectivity index (χ1) is 8.78. The summed E-state index contributed by atoms with van der Waals surface area (Å²) in [6.07, 6.45) is 8.02. The SMILES string of the molecule is CCOC(=O)CN1CCC[C@@H](Cn2ccnc2)C1. The molecule has 1 aromatic rings. The van der Waals surface area contributed by atoms with Crippen LogP contribution in [0.2, 0.25) is 0 Å². The molecule has 2 heterocycles. The second-order valence-electron chi connectivity index (χ2n) is 4.81. The van der Waals surface area contributed by atoms with Crippen molar-refractivity contribution in [1.29, 1.82) is 0 Å². The first kappa shape index (κ1) is 13.1. The van der Waals surface area contributed by atoms with Crippen molar-refractivity contribution in [2.45, 2.75) is 26.3 Å². The average Bonchev–Trinajstić information content (AvgIpc) is 2.82. The molecule has 0 bridgehead atoms. The fourth-order valence-corrected chi connectivity index (χ4v) is 2.53. The van der Waals surface area contributed by atoms with Gasteiger partial charge in [-0.2, -0.15) is 0 Å². The molecular weight excluding hydrogens is 230 g/mol. The van der Waals surface area contributed by atoms with E-state index in [1.807, 2.05) is 19.4 Å². The highest BCUT2D eigenvalue weighted by Crippen LogP contribution is 2.18. The standard InChI is InChI=1S/C13H21N3O2/c1-2-18-13(17)10-15-6-3-4-12(8-15)9-16-7-5-14-11-16/h5,7,11-12H,2-4,6,8-10H2,1H3/t12-/m1/s1. The quantitative estimate of drug-likeness (QED) is 0.737. The van der Waals surface area contributed by atoms with Crippen LogP contribution in [-0.4, -0.2) is 46.7 Å². The molecule has 5 nitrogen and oxygen atoms in total. The van der Waals surface area contributed by atoms with Gasteiger partial charge in [0.2, 0.25) is 0 Å². The van der Waals surface area contributed by atoms with Crippen molar-refractivity contribution in [2.24, 2.45) is 5.92 Å². The molecule has 0 amide bonds. The Morgan fingerprint density at radius 1 is 1.56 bits per heavy atom. The van der Waals surface area contributed by atoms with E-state index >= 15 is 0 Å². The summed E-state index contributed by atoms with van der Waals surface area (Å²) in [5.74, 6) is 0.489. The number of piperidine rings is 1. The summed E-state index contributed by atoms with van der Waals surface area (Å²) in [5.41, 5.74) is 0. The Kier molecular flexibility index (Phi) is 4.75. The van der Waals surface area contributed by atoms with Crippen LogP contribution in [0.1, 0.15) is 19.8 Å². The van der Waals surface area contributed by atoms with Crippen LogP contribution < -0.4 is 0 Å². The highest BCUT2D eigenvalue weighted by Gasteiger charge is 2.22. The van der Waals surface area contributed by atoms with Gasteiger partial charge in [0.1, 0.15) is 0 Å². The van der Waals surface area contributed by atoms with Gasteiger partial charge >= 0.3 is 5.97 Å². The number of hydrogen-bond donors (Lipinski definition) is 0. The highest BCUT2D eigenvalue weighted by molar-refractivity contribution is 5.71. The Morgan fingerprint density at radius 3 is 3.17 bits per heavy atom. The molecule has 1 fully saturated rings. The molecule has 1 aromatic heterocycles. The first-order valence-corrected chi connectivity index (χ1v) is 6.61. The lowest BCUT2D eigenvalue weighted by Gasteiger charge is -2.32. The van der Waals surface area contributed by atoms with Gasteiger partial charge in [0.25, 0.3) is 0 Å². The number of esters is 1. The first-order valence-electron chi connectivity index (χ1n) is 6.61. The Morgan fingerprint density at radius 2 is 2.44 bits per heavy atom. The summed E-state index contributed by atoms with van der Waals surface area (Å²) >= 11 is 0. The molecule has 18 heavy (non-hydrogen) atoms. The Bertz CT molecular complexity index is 364. The monoisotopic (exact) mass is 251 g/mol. The number of likely N-dealkylation sites (tertiary alicyclic amines) is 1. The summed E-state index contributed by atoms with van der Waals surface area (Å²) in [5, 5.41) is 0. The molecule has 1 aliphatic rings. The summed E-state index contributed by atoms with van der Waals surface area (Å²) in [6.45, 7) is 5.69. The molecule has 100 valence electrons. The maximum atomic E-state index is 11.5. The Hall–Kier alpha value is -1.36. The van der Waals surface area contributed by atoms with Crippen molar-refractivity contribution in [2.75, 3.05) is 26.2 Å². The molecule has 0 aromatic carbocycles. The van der Waals surface area contributed by atoms with E-state index in [0.717, 1.165) is 26.1 Å². The number of imidazole rings is 1. The number of ether oxygens (including phenoxy) is 1. The van der Waals surface area contributed by atoms with Gasteiger partial charge in [-0.15, -0.1) is 0 Å². The maximum Gasteiger partial charge on any atom is 0.320 e. The van der Waals surface area contributed by atoms with E-state index in [9.17, 15) is 4.79 Å². The number of hydrogen-bond acceptors (Lipinski definition) is 4. The minimum absolute atomic E-state index is 0.110. The van der Waals surface area contributed by atoms with Crippen molar-refractivity contribution in [3.63, 3.8) is 0 Å². The zero-order valence-electron chi connectivity index (χ0n) is 10.9. The van der Waals surface area contributed by atoms with E-state index in [2.05, 4.69) is 14.5 Å². The largest absolute Gasteiger partial charge is 0.465 e. The highest BCUT2D eigenvalue weighted by atomic mass is 16.5. The Labute approximate surface area is 108 Å². The number of carbonyl (C=O) groups is 1. The molecular formula is C13H21N3O2. The van der Waals surface area contributed by atoms with Gasteiger partial charge in [0.15, 0.2) is 0 Å². The zero-order chi connectivity index (χ0) is 12.8. The van der Waals surface area contributed by atoms with Crippen LogP contribution in [0.3, 0.4) is 0 Å². The predicted molar refractivity (Wildman–Crippen MR) is 68.0 cm³/mol. The normalized spacial score (nSPS) is 20.8. The smallest absolute Gasteiger partial charge is 0.320 e. The number of nitrogens with zero attached hydrogens (tertiary/aromatic N) is 3. The molecule has 0 aliphatic carbocycles. The molecule has 2 rings (SSSR count). The third-order valence-electron chi connectivity index (χ3n) is 3.29. The van der Waals surface area contributed by atoms with E-state index < -0.39 is 0 Å². The molecule has 1 aliphatic heterocycles. The summed E-state index contributed by atoms with van der Waals surface area (Å²) in [4.78, 5) is 17.7. The van der Waals surface area contributed by atoms with Gasteiger partial charge in [0, 0.05) is 25.5 Å². The fraction of sp³-hybridized carbons (Fsp3) is 0.692. The summed E-state index contributed by atoms with van der Waals surface area (Å²) in [7, 11) is 0. The third kappa shape index (κ3) is 3.84. The predicted octanol–water partition coefficient (Wildman–Crippen LogP) is 1.16. The van der Waals surface area contributed by atoms with Crippen LogP contribution in [0.5, 0.6) is 0 Å². The van der Waals surface area contributed by atoms with E-state index in [0.29, 0.717) is 19.1 Å². The topological polar surface area (TPSA) is 47.4 Å². The molecule has 1 atom stereocenters. The van der Waals surface area contributed by atoms with E-state index in [1.165, 1.54) is 6.42 Å². The van der Waals surface area contributed by atoms with E-state index in [-0.39, 0.29) is 5.97 Å². The van der Waals surface area contributed by atoms with Gasteiger partial charge in [-0.25, -0.2) is 4.98 Å². The van der Waals surface area contributed by atoms with Crippen molar-refractivity contribution in [3.8, 4) is 0 Å². The van der Waals surface area contributed by atoms with Crippen molar-refractivity contribution >= 4 is 5.97 Å². The van der Waals surface area contributed by atoms with Crippen LogP contribution >= 0.6 is 0 Å². The molecule has 0 unspecified atom stereocenters. The van der Waals surface area contributed by atoms with Crippen LogP contribution in [0.15, 0.2) is 18.7 Å². The van der Waals surface area contributed by atoms with Crippen molar-refractivity contribution in [3.05, 3.63) is 18.7 Å². The van der Waals surface area contributed by atoms with Gasteiger partial charge in [0.05, 0.1) is 19.5 Å². The lowest BCUT2D eigenvalue weighted by Crippen LogP contribution is -2.40. The molecule has 0 N–H and O–H groups in total. The second-order valence-corrected chi connectivity index (χ2v) is 4.81. The van der Waals surface area contributed by atoms with E-state index in [1.54, 1.807) is 6.20 Å². The third-order valence-corrected chi connectivity index (χ3v) is 3.29. The summed E-state index contributed by atoms with van der Waals surface area (Å²) in [6, 6.07) is 0. The molecule has 5 heteroatoms. The van der Waals surface area contributed by atoms with Crippen LogP contribution in [-0.2, 0) is 16.1 Å². The minimum Gasteiger partial charge on any atom is -0.465 e. The number of aromatic nitrogens is 2. The molecule has 0 spiro atoms. The van der Waals surface area contributed by atoms with E-state index in [4.69, 9.17) is 4.74 Å². The van der Waals surface area contributed by atoms with Gasteiger partial charge in [-0.1, -0.05) is 0 Å². The average molecular weight is 251 g/mol. The number of rotatable bonds is 5.